The molecule has 122 valence electrons. The van der Waals surface area contributed by atoms with E-state index in [0.717, 1.165) is 16.7 Å². The van der Waals surface area contributed by atoms with E-state index >= 15 is 0 Å². The number of aliphatic imine (C=N–C) groups is 1. The zero-order chi connectivity index (χ0) is 17.3. The van der Waals surface area contributed by atoms with Crippen molar-refractivity contribution >= 4 is 28.1 Å². The third-order valence-electron chi connectivity index (χ3n) is 4.56. The molecule has 0 fully saturated rings. The van der Waals surface area contributed by atoms with Gasteiger partial charge in [-0.25, -0.2) is 0 Å². The number of hydrogen-bond acceptors (Lipinski definition) is 3. The molecule has 3 rings (SSSR count). The quantitative estimate of drug-likeness (QED) is 0.816. The van der Waals surface area contributed by atoms with Gasteiger partial charge in [0.15, 0.2) is 0 Å². The lowest BCUT2D eigenvalue weighted by Gasteiger charge is -2.41. The van der Waals surface area contributed by atoms with Crippen LogP contribution in [0, 0.1) is 13.8 Å². The van der Waals surface area contributed by atoms with Crippen LogP contribution < -0.4 is 5.11 Å². The number of benzene rings is 2. The van der Waals surface area contributed by atoms with E-state index in [2.05, 4.69) is 20.9 Å². The first-order chi connectivity index (χ1) is 11.5. The summed E-state index contributed by atoms with van der Waals surface area (Å²) in [6, 6.07) is 14.7. The standard InChI is InChI=1S/C20H18BrNO2/c1-13-7-3-5-9-16(13)18-20(19(23)24,11-15(21)12-22-18)17-10-6-4-8-14(17)2/h3-12,18H,1-2H3,(H,23,24)/p-1. The van der Waals surface area contributed by atoms with E-state index in [1.165, 1.54) is 0 Å². The van der Waals surface area contributed by atoms with Gasteiger partial charge in [-0.05, 0) is 52.0 Å². The molecule has 2 aromatic rings. The number of nitrogens with zero attached hydrogens (tertiary/aromatic N) is 1. The number of hydrogen-bond donors (Lipinski definition) is 0. The van der Waals surface area contributed by atoms with Gasteiger partial charge in [0.2, 0.25) is 0 Å². The van der Waals surface area contributed by atoms with Crippen molar-refractivity contribution in [2.75, 3.05) is 0 Å². The van der Waals surface area contributed by atoms with Crippen LogP contribution >= 0.6 is 15.9 Å². The van der Waals surface area contributed by atoms with Crippen molar-refractivity contribution in [1.82, 2.24) is 0 Å². The second kappa shape index (κ2) is 6.36. The third-order valence-corrected chi connectivity index (χ3v) is 4.99. The number of halogens is 1. The normalized spacial score (nSPS) is 23.0. The Bertz CT molecular complexity index is 856. The van der Waals surface area contributed by atoms with Crippen molar-refractivity contribution < 1.29 is 9.90 Å². The zero-order valence-electron chi connectivity index (χ0n) is 13.5. The van der Waals surface area contributed by atoms with Gasteiger partial charge in [-0.1, -0.05) is 54.6 Å². The first-order valence-electron chi connectivity index (χ1n) is 7.71. The second-order valence-corrected chi connectivity index (χ2v) is 6.95. The maximum absolute atomic E-state index is 12.4. The number of dihydropyridines is 1. The summed E-state index contributed by atoms with van der Waals surface area (Å²) < 4.78 is 0.639. The molecule has 0 amide bonds. The molecule has 2 aromatic carbocycles. The average molecular weight is 383 g/mol. The van der Waals surface area contributed by atoms with E-state index in [0.29, 0.717) is 10.0 Å². The smallest absolute Gasteiger partial charge is 0.0936 e. The Morgan fingerprint density at radius 3 is 2.33 bits per heavy atom. The fourth-order valence-electron chi connectivity index (χ4n) is 3.36. The molecule has 0 spiro atoms. The van der Waals surface area contributed by atoms with Crippen LogP contribution in [0.4, 0.5) is 0 Å². The molecule has 2 atom stereocenters. The molecular weight excluding hydrogens is 366 g/mol. The van der Waals surface area contributed by atoms with Crippen LogP contribution in [-0.4, -0.2) is 12.2 Å². The highest BCUT2D eigenvalue weighted by Crippen LogP contribution is 2.46. The minimum atomic E-state index is -1.36. The van der Waals surface area contributed by atoms with E-state index in [1.54, 1.807) is 12.3 Å². The summed E-state index contributed by atoms with van der Waals surface area (Å²) >= 11 is 3.39. The van der Waals surface area contributed by atoms with Gasteiger partial charge in [0, 0.05) is 10.7 Å². The number of carbonyl (C=O) groups is 1. The monoisotopic (exact) mass is 382 g/mol. The van der Waals surface area contributed by atoms with Crippen molar-refractivity contribution in [2.45, 2.75) is 25.3 Å². The molecule has 0 saturated carbocycles. The molecule has 0 aromatic heterocycles. The number of carbonyl (C=O) groups excluding carboxylic acids is 1. The Morgan fingerprint density at radius 1 is 1.08 bits per heavy atom. The molecule has 0 bridgehead atoms. The van der Waals surface area contributed by atoms with Gasteiger partial charge >= 0.3 is 0 Å². The summed E-state index contributed by atoms with van der Waals surface area (Å²) in [6.07, 6.45) is 3.37. The summed E-state index contributed by atoms with van der Waals surface area (Å²) in [5.41, 5.74) is 2.13. The number of aliphatic carboxylic acids is 1. The first kappa shape index (κ1) is 16.7. The summed E-state index contributed by atoms with van der Waals surface area (Å²) in [5.74, 6) is -1.15. The second-order valence-electron chi connectivity index (χ2n) is 6.04. The molecule has 3 nitrogen and oxygen atoms in total. The van der Waals surface area contributed by atoms with E-state index in [4.69, 9.17) is 0 Å². The molecule has 1 aliphatic heterocycles. The van der Waals surface area contributed by atoms with E-state index in [-0.39, 0.29) is 0 Å². The predicted octanol–water partition coefficient (Wildman–Crippen LogP) is 3.40. The number of carboxylic acids is 1. The van der Waals surface area contributed by atoms with E-state index in [9.17, 15) is 9.90 Å². The SMILES string of the molecule is Cc1ccccc1C1N=CC(Br)=CC1(C(=O)[O-])c1ccccc1C. The molecule has 0 aliphatic carbocycles. The third kappa shape index (κ3) is 2.61. The van der Waals surface area contributed by atoms with Crippen LogP contribution in [0.15, 0.2) is 64.1 Å². The van der Waals surface area contributed by atoms with Crippen molar-refractivity contribution in [2.24, 2.45) is 4.99 Å². The maximum Gasteiger partial charge on any atom is 0.0936 e. The largest absolute Gasteiger partial charge is 0.549 e. The summed E-state index contributed by atoms with van der Waals surface area (Å²) in [7, 11) is 0. The predicted molar refractivity (Wildman–Crippen MR) is 97.3 cm³/mol. The Labute approximate surface area is 149 Å². The average Bonchev–Trinajstić information content (AvgIpc) is 2.56. The lowest BCUT2D eigenvalue weighted by atomic mass is 9.69. The van der Waals surface area contributed by atoms with Gasteiger partial charge < -0.3 is 9.90 Å². The van der Waals surface area contributed by atoms with Crippen LogP contribution in [0.5, 0.6) is 0 Å². The van der Waals surface area contributed by atoms with Crippen LogP contribution in [-0.2, 0) is 10.2 Å². The highest BCUT2D eigenvalue weighted by Gasteiger charge is 2.44. The van der Waals surface area contributed by atoms with E-state index in [1.807, 2.05) is 62.4 Å². The number of allylic oxidation sites excluding steroid dienone is 1. The number of aryl methyl sites for hydroxylation is 2. The van der Waals surface area contributed by atoms with Crippen LogP contribution in [0.1, 0.15) is 28.3 Å². The molecule has 0 N–H and O–H groups in total. The molecule has 1 heterocycles. The maximum atomic E-state index is 12.4. The Morgan fingerprint density at radius 2 is 1.71 bits per heavy atom. The molecular formula is C20H17BrNO2-. The summed E-state index contributed by atoms with van der Waals surface area (Å²) in [6.45, 7) is 3.88. The molecule has 4 heteroatoms. The fraction of sp³-hybridized carbons (Fsp3) is 0.200. The Kier molecular flexibility index (Phi) is 4.41. The number of carboxylic acid groups (broad SMARTS) is 1. The Hall–Kier alpha value is -2.20. The van der Waals surface area contributed by atoms with Gasteiger partial charge in [0.05, 0.1) is 17.4 Å². The minimum Gasteiger partial charge on any atom is -0.549 e. The van der Waals surface area contributed by atoms with Crippen molar-refractivity contribution in [3.63, 3.8) is 0 Å². The first-order valence-corrected chi connectivity index (χ1v) is 8.50. The van der Waals surface area contributed by atoms with E-state index < -0.39 is 17.4 Å². The Balaban J connectivity index is 2.32. The summed E-state index contributed by atoms with van der Waals surface area (Å²) in [5, 5.41) is 12.4. The van der Waals surface area contributed by atoms with Crippen LogP contribution in [0.3, 0.4) is 0 Å². The lowest BCUT2D eigenvalue weighted by molar-refractivity contribution is -0.312. The van der Waals surface area contributed by atoms with Crippen LogP contribution in [0.2, 0.25) is 0 Å². The van der Waals surface area contributed by atoms with Gasteiger partial charge in [-0.15, -0.1) is 0 Å². The van der Waals surface area contributed by atoms with Crippen molar-refractivity contribution in [3.8, 4) is 0 Å². The molecule has 2 unspecified atom stereocenters. The molecule has 0 saturated heterocycles. The van der Waals surface area contributed by atoms with Gasteiger partial charge in [0.25, 0.3) is 0 Å². The highest BCUT2D eigenvalue weighted by atomic mass is 79.9. The molecule has 24 heavy (non-hydrogen) atoms. The zero-order valence-corrected chi connectivity index (χ0v) is 15.1. The van der Waals surface area contributed by atoms with Gasteiger partial charge in [-0.2, -0.15) is 0 Å². The van der Waals surface area contributed by atoms with Gasteiger partial charge in [0.1, 0.15) is 0 Å². The molecule has 0 radical (unpaired) electrons. The van der Waals surface area contributed by atoms with Gasteiger partial charge in [-0.3, -0.25) is 4.99 Å². The van der Waals surface area contributed by atoms with Crippen molar-refractivity contribution in [1.29, 1.82) is 0 Å². The number of rotatable bonds is 3. The molecule has 1 aliphatic rings. The van der Waals surface area contributed by atoms with Crippen molar-refractivity contribution in [3.05, 3.63) is 81.3 Å². The highest BCUT2D eigenvalue weighted by molar-refractivity contribution is 9.12. The summed E-state index contributed by atoms with van der Waals surface area (Å²) in [4.78, 5) is 17.0. The lowest BCUT2D eigenvalue weighted by Crippen LogP contribution is -2.50. The topological polar surface area (TPSA) is 52.5 Å². The van der Waals surface area contributed by atoms with Crippen LogP contribution in [0.25, 0.3) is 0 Å². The fourth-order valence-corrected chi connectivity index (χ4v) is 3.84. The minimum absolute atomic E-state index is 0.578.